The molecule has 0 bridgehead atoms. The molecule has 0 saturated carbocycles. The number of halogens is 3. The van der Waals surface area contributed by atoms with Gasteiger partial charge in [0.2, 0.25) is 4.77 Å². The average Bonchev–Trinajstić information content (AvgIpc) is 2.99. The molecular formula is C20H19F3N4S. The molecule has 28 heavy (non-hydrogen) atoms. The van der Waals surface area contributed by atoms with Gasteiger partial charge >= 0.3 is 6.18 Å². The summed E-state index contributed by atoms with van der Waals surface area (Å²) >= 11 is 5.23. The Hall–Kier alpha value is -2.74. The molecule has 8 heteroatoms. The Morgan fingerprint density at radius 1 is 0.964 bits per heavy atom. The quantitative estimate of drug-likeness (QED) is 0.443. The van der Waals surface area contributed by atoms with E-state index < -0.39 is 11.7 Å². The summed E-state index contributed by atoms with van der Waals surface area (Å²) in [5, 5.41) is 11.2. The van der Waals surface area contributed by atoms with Crippen LogP contribution >= 0.6 is 12.2 Å². The third-order valence-electron chi connectivity index (χ3n) is 4.22. The van der Waals surface area contributed by atoms with Gasteiger partial charge in [-0.15, -0.1) is 0 Å². The van der Waals surface area contributed by atoms with E-state index in [2.05, 4.69) is 36.1 Å². The number of nitrogens with one attached hydrogen (secondary N) is 1. The van der Waals surface area contributed by atoms with Crippen LogP contribution in [0.25, 0.3) is 11.4 Å². The molecule has 146 valence electrons. The van der Waals surface area contributed by atoms with Crippen LogP contribution in [0.2, 0.25) is 0 Å². The summed E-state index contributed by atoms with van der Waals surface area (Å²) in [6.45, 7) is 6.39. The van der Waals surface area contributed by atoms with Gasteiger partial charge in [0, 0.05) is 5.56 Å². The molecular weight excluding hydrogens is 385 g/mol. The van der Waals surface area contributed by atoms with Gasteiger partial charge in [-0.2, -0.15) is 28.0 Å². The van der Waals surface area contributed by atoms with Gasteiger partial charge in [0.25, 0.3) is 0 Å². The number of H-pyrrole nitrogens is 1. The lowest BCUT2D eigenvalue weighted by atomic mass is 9.87. The Balaban J connectivity index is 1.89. The first-order chi connectivity index (χ1) is 13.1. The summed E-state index contributed by atoms with van der Waals surface area (Å²) in [5.41, 5.74) is 1.86. The van der Waals surface area contributed by atoms with Crippen molar-refractivity contribution >= 4 is 18.4 Å². The highest BCUT2D eigenvalue weighted by atomic mass is 32.1. The molecule has 0 amide bonds. The summed E-state index contributed by atoms with van der Waals surface area (Å²) in [6, 6.07) is 12.7. The molecule has 0 unspecified atom stereocenters. The van der Waals surface area contributed by atoms with E-state index in [0.29, 0.717) is 11.4 Å². The molecule has 0 aliphatic heterocycles. The Bertz CT molecular complexity index is 1040. The van der Waals surface area contributed by atoms with Gasteiger partial charge in [-0.1, -0.05) is 57.2 Å². The second kappa shape index (κ2) is 7.35. The molecule has 0 aliphatic carbocycles. The Labute approximate surface area is 165 Å². The SMILES string of the molecule is CC(C)(C)c1ccc(-c2n[nH]c(=S)n2/N=C\c2ccc(C(F)(F)F)cc2)cc1. The minimum Gasteiger partial charge on any atom is -0.250 e. The second-order valence-corrected chi connectivity index (χ2v) is 7.74. The summed E-state index contributed by atoms with van der Waals surface area (Å²) in [7, 11) is 0. The zero-order chi connectivity index (χ0) is 20.5. The fraction of sp³-hybridized carbons (Fsp3) is 0.250. The van der Waals surface area contributed by atoms with Crippen molar-refractivity contribution in [3.8, 4) is 11.4 Å². The molecule has 3 aromatic rings. The maximum atomic E-state index is 12.7. The molecule has 1 N–H and O–H groups in total. The molecule has 3 rings (SSSR count). The van der Waals surface area contributed by atoms with Crippen molar-refractivity contribution in [1.29, 1.82) is 0 Å². The lowest BCUT2D eigenvalue weighted by Gasteiger charge is -2.18. The van der Waals surface area contributed by atoms with Crippen LogP contribution in [-0.4, -0.2) is 21.1 Å². The number of aromatic nitrogens is 3. The van der Waals surface area contributed by atoms with Crippen molar-refractivity contribution < 1.29 is 13.2 Å². The fourth-order valence-electron chi connectivity index (χ4n) is 2.59. The van der Waals surface area contributed by atoms with Crippen LogP contribution in [0.15, 0.2) is 53.6 Å². The predicted octanol–water partition coefficient (Wildman–Crippen LogP) is 5.81. The van der Waals surface area contributed by atoms with E-state index in [1.165, 1.54) is 28.6 Å². The molecule has 1 aromatic heterocycles. The van der Waals surface area contributed by atoms with E-state index in [-0.39, 0.29) is 10.2 Å². The van der Waals surface area contributed by atoms with Gasteiger partial charge in [0.1, 0.15) is 0 Å². The first kappa shape index (κ1) is 20.0. The highest BCUT2D eigenvalue weighted by molar-refractivity contribution is 7.71. The minimum absolute atomic E-state index is 0.0317. The third kappa shape index (κ3) is 4.39. The van der Waals surface area contributed by atoms with Crippen molar-refractivity contribution in [2.75, 3.05) is 0 Å². The Morgan fingerprint density at radius 2 is 1.54 bits per heavy atom. The van der Waals surface area contributed by atoms with Gasteiger partial charge in [0.15, 0.2) is 5.82 Å². The van der Waals surface area contributed by atoms with Crippen LogP contribution in [0.3, 0.4) is 0 Å². The van der Waals surface area contributed by atoms with Crippen molar-refractivity contribution in [2.24, 2.45) is 5.10 Å². The average molecular weight is 404 g/mol. The lowest BCUT2D eigenvalue weighted by molar-refractivity contribution is -0.137. The number of alkyl halides is 3. The zero-order valence-corrected chi connectivity index (χ0v) is 16.4. The number of benzene rings is 2. The molecule has 2 aromatic carbocycles. The van der Waals surface area contributed by atoms with Gasteiger partial charge in [-0.25, -0.2) is 5.10 Å². The van der Waals surface area contributed by atoms with E-state index in [0.717, 1.165) is 17.7 Å². The second-order valence-electron chi connectivity index (χ2n) is 7.36. The number of hydrogen-bond donors (Lipinski definition) is 1. The molecule has 0 fully saturated rings. The zero-order valence-electron chi connectivity index (χ0n) is 15.6. The van der Waals surface area contributed by atoms with E-state index in [1.54, 1.807) is 0 Å². The van der Waals surface area contributed by atoms with Crippen molar-refractivity contribution in [1.82, 2.24) is 14.9 Å². The maximum absolute atomic E-state index is 12.7. The fourth-order valence-corrected chi connectivity index (χ4v) is 2.77. The van der Waals surface area contributed by atoms with Crippen molar-refractivity contribution in [2.45, 2.75) is 32.4 Å². The lowest BCUT2D eigenvalue weighted by Crippen LogP contribution is -2.10. The molecule has 0 spiro atoms. The van der Waals surface area contributed by atoms with Gasteiger partial charge < -0.3 is 0 Å². The van der Waals surface area contributed by atoms with Gasteiger partial charge in [-0.05, 0) is 40.9 Å². The van der Waals surface area contributed by atoms with Crippen LogP contribution in [-0.2, 0) is 11.6 Å². The molecule has 0 radical (unpaired) electrons. The molecule has 0 atom stereocenters. The predicted molar refractivity (Wildman–Crippen MR) is 106 cm³/mol. The van der Waals surface area contributed by atoms with E-state index in [1.807, 2.05) is 24.3 Å². The van der Waals surface area contributed by atoms with Crippen LogP contribution in [0.1, 0.15) is 37.5 Å². The molecule has 0 aliphatic rings. The number of rotatable bonds is 3. The monoisotopic (exact) mass is 404 g/mol. The standard InChI is InChI=1S/C20H19F3N4S/c1-19(2,3)15-10-6-14(7-11-15)17-25-26-18(28)27(17)24-12-13-4-8-16(9-5-13)20(21,22)23/h4-12H,1-3H3,(H,26,28)/b24-12-. The summed E-state index contributed by atoms with van der Waals surface area (Å²) < 4.78 is 39.7. The summed E-state index contributed by atoms with van der Waals surface area (Å²) in [6.07, 6.45) is -2.92. The largest absolute Gasteiger partial charge is 0.416 e. The first-order valence-electron chi connectivity index (χ1n) is 8.56. The minimum atomic E-state index is -4.37. The van der Waals surface area contributed by atoms with E-state index >= 15 is 0 Å². The number of hydrogen-bond acceptors (Lipinski definition) is 3. The summed E-state index contributed by atoms with van der Waals surface area (Å²) in [4.78, 5) is 0. The normalized spacial score (nSPS) is 12.6. The van der Waals surface area contributed by atoms with Gasteiger partial charge in [0.05, 0.1) is 11.8 Å². The summed E-state index contributed by atoms with van der Waals surface area (Å²) in [5.74, 6) is 0.522. The number of nitrogens with zero attached hydrogens (tertiary/aromatic N) is 3. The number of aromatic amines is 1. The maximum Gasteiger partial charge on any atom is 0.416 e. The first-order valence-corrected chi connectivity index (χ1v) is 8.96. The van der Waals surface area contributed by atoms with Crippen molar-refractivity contribution in [3.05, 3.63) is 70.0 Å². The topological polar surface area (TPSA) is 46.0 Å². The molecule has 0 saturated heterocycles. The van der Waals surface area contributed by atoms with Gasteiger partial charge in [-0.3, -0.25) is 0 Å². The van der Waals surface area contributed by atoms with Crippen molar-refractivity contribution in [3.63, 3.8) is 0 Å². The Kier molecular flexibility index (Phi) is 5.25. The van der Waals surface area contributed by atoms with E-state index in [4.69, 9.17) is 12.2 Å². The van der Waals surface area contributed by atoms with Crippen LogP contribution in [0.5, 0.6) is 0 Å². The van der Waals surface area contributed by atoms with Crippen LogP contribution < -0.4 is 0 Å². The van der Waals surface area contributed by atoms with Crippen LogP contribution in [0, 0.1) is 4.77 Å². The smallest absolute Gasteiger partial charge is 0.250 e. The van der Waals surface area contributed by atoms with Crippen LogP contribution in [0.4, 0.5) is 13.2 Å². The Morgan fingerprint density at radius 3 is 2.07 bits per heavy atom. The third-order valence-corrected chi connectivity index (χ3v) is 4.48. The van der Waals surface area contributed by atoms with E-state index in [9.17, 15) is 13.2 Å². The highest BCUT2D eigenvalue weighted by Gasteiger charge is 2.29. The molecule has 1 heterocycles. The molecule has 4 nitrogen and oxygen atoms in total. The highest BCUT2D eigenvalue weighted by Crippen LogP contribution is 2.29.